The van der Waals surface area contributed by atoms with Gasteiger partial charge in [0.15, 0.2) is 9.84 Å². The minimum atomic E-state index is -3.48. The van der Waals surface area contributed by atoms with E-state index in [9.17, 15) is 13.2 Å². The predicted octanol–water partition coefficient (Wildman–Crippen LogP) is 3.80. The molecule has 0 fully saturated rings. The maximum Gasteiger partial charge on any atom is 0.225 e. The average molecular weight is 419 g/mol. The second-order valence-corrected chi connectivity index (χ2v) is 8.39. The molecule has 3 aromatic rings. The molecule has 3 rings (SSSR count). The number of benzene rings is 2. The molecule has 1 amide bonds. The van der Waals surface area contributed by atoms with Crippen LogP contribution in [0.25, 0.3) is 10.9 Å². The molecule has 0 saturated carbocycles. The molecule has 1 heterocycles. The monoisotopic (exact) mass is 418 g/mol. The highest BCUT2D eigenvalue weighted by Gasteiger charge is 2.17. The first-order valence-electron chi connectivity index (χ1n) is 7.58. The molecule has 25 heavy (non-hydrogen) atoms. The summed E-state index contributed by atoms with van der Waals surface area (Å²) in [5, 5.41) is 3.62. The minimum absolute atomic E-state index is 0.123. The maximum absolute atomic E-state index is 12.2. The van der Waals surface area contributed by atoms with Crippen LogP contribution < -0.4 is 5.32 Å². The molecule has 0 aliphatic heterocycles. The maximum atomic E-state index is 12.2. The topological polar surface area (TPSA) is 76.1 Å². The van der Waals surface area contributed by atoms with Gasteiger partial charge in [-0.05, 0) is 30.3 Å². The number of rotatable bonds is 5. The molecule has 0 radical (unpaired) electrons. The van der Waals surface area contributed by atoms with Crippen LogP contribution in [0, 0.1) is 0 Å². The van der Waals surface area contributed by atoms with Gasteiger partial charge >= 0.3 is 0 Å². The lowest BCUT2D eigenvalue weighted by Gasteiger charge is -2.09. The summed E-state index contributed by atoms with van der Waals surface area (Å²) in [7, 11) is -3.48. The number of anilines is 1. The van der Waals surface area contributed by atoms with Crippen LogP contribution in [-0.4, -0.2) is 25.1 Å². The highest BCUT2D eigenvalue weighted by Crippen LogP contribution is 2.28. The molecule has 0 aliphatic rings. The first-order valence-corrected chi connectivity index (χ1v) is 10.0. The van der Waals surface area contributed by atoms with Gasteiger partial charge in [0.05, 0.1) is 21.9 Å². The molecule has 5 nitrogen and oxygen atoms in total. The van der Waals surface area contributed by atoms with Crippen LogP contribution >= 0.6 is 15.9 Å². The number of carbonyl (C=O) groups excluding carboxylic acids is 1. The third-order valence-electron chi connectivity index (χ3n) is 3.69. The smallest absolute Gasteiger partial charge is 0.225 e. The first kappa shape index (κ1) is 17.6. The van der Waals surface area contributed by atoms with E-state index >= 15 is 0 Å². The van der Waals surface area contributed by atoms with Crippen molar-refractivity contribution in [2.24, 2.45) is 0 Å². The van der Waals surface area contributed by atoms with Crippen LogP contribution in [0.3, 0.4) is 0 Å². The van der Waals surface area contributed by atoms with E-state index in [2.05, 4.69) is 26.2 Å². The number of hydrogen-bond donors (Lipinski definition) is 1. The molecule has 7 heteroatoms. The van der Waals surface area contributed by atoms with Crippen LogP contribution in [0.2, 0.25) is 0 Å². The lowest BCUT2D eigenvalue weighted by molar-refractivity contribution is -0.115. The van der Waals surface area contributed by atoms with Crippen LogP contribution in [-0.2, 0) is 14.6 Å². The van der Waals surface area contributed by atoms with E-state index in [-0.39, 0.29) is 23.0 Å². The van der Waals surface area contributed by atoms with Gasteiger partial charge < -0.3 is 5.32 Å². The lowest BCUT2D eigenvalue weighted by atomic mass is 10.2. The van der Waals surface area contributed by atoms with Crippen LogP contribution in [0.5, 0.6) is 0 Å². The number of nitrogens with one attached hydrogen (secondary N) is 1. The van der Waals surface area contributed by atoms with Crippen molar-refractivity contribution in [3.63, 3.8) is 0 Å². The molecule has 0 aliphatic carbocycles. The zero-order valence-corrected chi connectivity index (χ0v) is 15.5. The number of sulfone groups is 1. The molecule has 2 aromatic carbocycles. The van der Waals surface area contributed by atoms with Gasteiger partial charge in [-0.25, -0.2) is 8.42 Å². The Labute approximate surface area is 154 Å². The summed E-state index contributed by atoms with van der Waals surface area (Å²) < 4.78 is 25.4. The summed E-state index contributed by atoms with van der Waals surface area (Å²) in [5.74, 6) is -0.612. The van der Waals surface area contributed by atoms with Crippen LogP contribution in [0.1, 0.15) is 6.42 Å². The van der Waals surface area contributed by atoms with Gasteiger partial charge in [-0.15, -0.1) is 0 Å². The fourth-order valence-corrected chi connectivity index (χ4v) is 4.14. The van der Waals surface area contributed by atoms with Gasteiger partial charge in [-0.3, -0.25) is 9.78 Å². The van der Waals surface area contributed by atoms with Crippen LogP contribution in [0.15, 0.2) is 70.2 Å². The van der Waals surface area contributed by atoms with Crippen molar-refractivity contribution < 1.29 is 13.2 Å². The normalized spacial score (nSPS) is 11.4. The van der Waals surface area contributed by atoms with E-state index in [1.807, 2.05) is 18.2 Å². The Morgan fingerprint density at radius 3 is 2.56 bits per heavy atom. The van der Waals surface area contributed by atoms with Crippen molar-refractivity contribution in [1.29, 1.82) is 0 Å². The number of aromatic nitrogens is 1. The van der Waals surface area contributed by atoms with Crippen molar-refractivity contribution in [3.05, 3.63) is 65.3 Å². The summed E-state index contributed by atoms with van der Waals surface area (Å²) in [4.78, 5) is 16.7. The minimum Gasteiger partial charge on any atom is -0.324 e. The van der Waals surface area contributed by atoms with E-state index in [0.717, 1.165) is 9.86 Å². The number of fused-ring (bicyclic) bond motifs is 1. The number of nitrogens with zero attached hydrogens (tertiary/aromatic N) is 1. The second kappa shape index (κ2) is 7.33. The Morgan fingerprint density at radius 2 is 1.80 bits per heavy atom. The summed E-state index contributed by atoms with van der Waals surface area (Å²) in [5.41, 5.74) is 1.21. The van der Waals surface area contributed by atoms with E-state index in [1.54, 1.807) is 30.5 Å². The Hall–Kier alpha value is -2.25. The van der Waals surface area contributed by atoms with Gasteiger partial charge in [-0.2, -0.15) is 0 Å². The highest BCUT2D eigenvalue weighted by molar-refractivity contribution is 9.10. The largest absolute Gasteiger partial charge is 0.324 e. The molecule has 1 aromatic heterocycles. The quantitative estimate of drug-likeness (QED) is 0.683. The Bertz CT molecular complexity index is 1020. The van der Waals surface area contributed by atoms with Crippen molar-refractivity contribution in [2.45, 2.75) is 11.3 Å². The Kier molecular flexibility index (Phi) is 5.15. The third kappa shape index (κ3) is 4.05. The fourth-order valence-electron chi connectivity index (χ4n) is 2.42. The highest BCUT2D eigenvalue weighted by atomic mass is 79.9. The van der Waals surface area contributed by atoms with E-state index < -0.39 is 9.84 Å². The van der Waals surface area contributed by atoms with Crippen molar-refractivity contribution in [3.8, 4) is 0 Å². The molecule has 0 unspecified atom stereocenters. The van der Waals surface area contributed by atoms with Crippen molar-refractivity contribution in [2.75, 3.05) is 11.1 Å². The Morgan fingerprint density at radius 1 is 1.04 bits per heavy atom. The second-order valence-electron chi connectivity index (χ2n) is 5.42. The SMILES string of the molecule is O=C(CCS(=O)(=O)c1ccccc1)Nc1ccc(Br)c2cccnc12. The molecule has 0 bridgehead atoms. The van der Waals surface area contributed by atoms with Gasteiger partial charge in [-0.1, -0.05) is 40.2 Å². The summed E-state index contributed by atoms with van der Waals surface area (Å²) in [6, 6.07) is 15.4. The zero-order valence-electron chi connectivity index (χ0n) is 13.1. The fraction of sp³-hybridized carbons (Fsp3) is 0.111. The van der Waals surface area contributed by atoms with Crippen molar-refractivity contribution in [1.82, 2.24) is 4.98 Å². The van der Waals surface area contributed by atoms with Gasteiger partial charge in [0.25, 0.3) is 0 Å². The van der Waals surface area contributed by atoms with E-state index in [4.69, 9.17) is 0 Å². The number of pyridine rings is 1. The number of hydrogen-bond acceptors (Lipinski definition) is 4. The number of amides is 1. The van der Waals surface area contributed by atoms with E-state index in [0.29, 0.717) is 11.2 Å². The number of carbonyl (C=O) groups is 1. The van der Waals surface area contributed by atoms with Gasteiger partial charge in [0.1, 0.15) is 0 Å². The standard InChI is InChI=1S/C18H15BrN2O3S/c19-15-8-9-16(18-14(15)7-4-11-20-18)21-17(22)10-12-25(23,24)13-5-2-1-3-6-13/h1-9,11H,10,12H2,(H,21,22). The molecule has 1 N–H and O–H groups in total. The molecular formula is C18H15BrN2O3S. The molecule has 0 atom stereocenters. The number of halogens is 1. The molecular weight excluding hydrogens is 404 g/mol. The lowest BCUT2D eigenvalue weighted by Crippen LogP contribution is -2.17. The predicted molar refractivity (Wildman–Crippen MR) is 101 cm³/mol. The summed E-state index contributed by atoms with van der Waals surface area (Å²) >= 11 is 3.45. The summed E-state index contributed by atoms with van der Waals surface area (Å²) in [6.45, 7) is 0. The Balaban J connectivity index is 1.73. The molecule has 128 valence electrons. The van der Waals surface area contributed by atoms with Gasteiger partial charge in [0, 0.05) is 22.5 Å². The van der Waals surface area contributed by atoms with E-state index in [1.165, 1.54) is 12.1 Å². The van der Waals surface area contributed by atoms with Crippen molar-refractivity contribution >= 4 is 48.3 Å². The first-order chi connectivity index (χ1) is 12.0. The zero-order chi connectivity index (χ0) is 17.9. The molecule has 0 saturated heterocycles. The van der Waals surface area contributed by atoms with Crippen LogP contribution in [0.4, 0.5) is 5.69 Å². The van der Waals surface area contributed by atoms with Gasteiger partial charge in [0.2, 0.25) is 5.91 Å². The molecule has 0 spiro atoms. The third-order valence-corrected chi connectivity index (χ3v) is 6.11. The summed E-state index contributed by atoms with van der Waals surface area (Å²) in [6.07, 6.45) is 1.52. The average Bonchev–Trinajstić information content (AvgIpc) is 2.63.